The molecule has 17 heavy (non-hydrogen) atoms. The average molecular weight is 241 g/mol. The van der Waals surface area contributed by atoms with Gasteiger partial charge in [0.2, 0.25) is 5.91 Å². The maximum absolute atomic E-state index is 11.9. The first-order chi connectivity index (χ1) is 8.11. The van der Waals surface area contributed by atoms with E-state index in [2.05, 4.69) is 0 Å². The summed E-state index contributed by atoms with van der Waals surface area (Å²) in [6.45, 7) is 4.77. The maximum Gasteiger partial charge on any atom is 0.311 e. The van der Waals surface area contributed by atoms with Gasteiger partial charge < -0.3 is 14.7 Å². The van der Waals surface area contributed by atoms with Gasteiger partial charge in [0.1, 0.15) is 5.92 Å². The lowest BCUT2D eigenvalue weighted by Gasteiger charge is -2.29. The summed E-state index contributed by atoms with van der Waals surface area (Å²) in [5.41, 5.74) is 0. The van der Waals surface area contributed by atoms with Crippen molar-refractivity contribution in [3.8, 4) is 0 Å². The number of aliphatic carboxylic acids is 1. The second kappa shape index (κ2) is 6.39. The molecule has 1 rings (SSSR count). The number of nitrogens with zero attached hydrogens (tertiary/aromatic N) is 1. The molecule has 96 valence electrons. The van der Waals surface area contributed by atoms with Gasteiger partial charge >= 0.3 is 5.97 Å². The SMILES string of the molecule is CC=CC(=O)N(CCC)C1COCC1C(=O)O. The Morgan fingerprint density at radius 2 is 2.18 bits per heavy atom. The van der Waals surface area contributed by atoms with Crippen LogP contribution in [-0.2, 0) is 14.3 Å². The maximum atomic E-state index is 11.9. The van der Waals surface area contributed by atoms with Crippen LogP contribution in [0.4, 0.5) is 0 Å². The van der Waals surface area contributed by atoms with Crippen LogP contribution in [0.1, 0.15) is 20.3 Å². The summed E-state index contributed by atoms with van der Waals surface area (Å²) < 4.78 is 5.19. The minimum Gasteiger partial charge on any atom is -0.481 e. The Morgan fingerprint density at radius 3 is 2.71 bits per heavy atom. The minimum atomic E-state index is -0.901. The summed E-state index contributed by atoms with van der Waals surface area (Å²) in [5.74, 6) is -1.66. The van der Waals surface area contributed by atoms with Gasteiger partial charge in [-0.15, -0.1) is 0 Å². The van der Waals surface area contributed by atoms with Crippen molar-refractivity contribution in [2.24, 2.45) is 5.92 Å². The fourth-order valence-electron chi connectivity index (χ4n) is 2.00. The highest BCUT2D eigenvalue weighted by molar-refractivity contribution is 5.88. The summed E-state index contributed by atoms with van der Waals surface area (Å²) in [5, 5.41) is 9.08. The molecular weight excluding hydrogens is 222 g/mol. The molecule has 5 nitrogen and oxygen atoms in total. The van der Waals surface area contributed by atoms with Crippen LogP contribution in [0.2, 0.25) is 0 Å². The van der Waals surface area contributed by atoms with E-state index in [4.69, 9.17) is 9.84 Å². The standard InChI is InChI=1S/C12H19NO4/c1-3-5-11(14)13(6-4-2)10-8-17-7-9(10)12(15)16/h3,5,9-10H,4,6-8H2,1-2H3,(H,15,16). The third kappa shape index (κ3) is 3.30. The topological polar surface area (TPSA) is 66.8 Å². The number of carbonyl (C=O) groups excluding carboxylic acids is 1. The largest absolute Gasteiger partial charge is 0.481 e. The number of carboxylic acid groups (broad SMARTS) is 1. The third-order valence-corrected chi connectivity index (χ3v) is 2.82. The lowest BCUT2D eigenvalue weighted by Crippen LogP contribution is -2.46. The van der Waals surface area contributed by atoms with Crippen LogP contribution in [0, 0.1) is 5.92 Å². The molecule has 0 aromatic carbocycles. The Hall–Kier alpha value is -1.36. The van der Waals surface area contributed by atoms with Crippen molar-refractivity contribution in [2.75, 3.05) is 19.8 Å². The quantitative estimate of drug-likeness (QED) is 0.726. The third-order valence-electron chi connectivity index (χ3n) is 2.82. The van der Waals surface area contributed by atoms with E-state index in [9.17, 15) is 9.59 Å². The van der Waals surface area contributed by atoms with E-state index < -0.39 is 11.9 Å². The van der Waals surface area contributed by atoms with Gasteiger partial charge in [0.15, 0.2) is 0 Å². The van der Waals surface area contributed by atoms with Gasteiger partial charge in [-0.1, -0.05) is 13.0 Å². The summed E-state index contributed by atoms with van der Waals surface area (Å²) in [6.07, 6.45) is 3.93. The minimum absolute atomic E-state index is 0.142. The van der Waals surface area contributed by atoms with E-state index in [0.717, 1.165) is 6.42 Å². The average Bonchev–Trinajstić information content (AvgIpc) is 2.74. The molecule has 0 aliphatic carbocycles. The van der Waals surface area contributed by atoms with Gasteiger partial charge in [-0.2, -0.15) is 0 Å². The van der Waals surface area contributed by atoms with Crippen molar-refractivity contribution in [2.45, 2.75) is 26.3 Å². The van der Waals surface area contributed by atoms with Crippen LogP contribution >= 0.6 is 0 Å². The monoisotopic (exact) mass is 241 g/mol. The molecular formula is C12H19NO4. The summed E-state index contributed by atoms with van der Waals surface area (Å²) in [4.78, 5) is 24.5. The number of carboxylic acids is 1. The Balaban J connectivity index is 2.82. The molecule has 1 fully saturated rings. The Kier molecular flexibility index (Phi) is 5.15. The molecule has 1 N–H and O–H groups in total. The van der Waals surface area contributed by atoms with Crippen molar-refractivity contribution >= 4 is 11.9 Å². The van der Waals surface area contributed by atoms with E-state index in [1.54, 1.807) is 17.9 Å². The molecule has 1 saturated heterocycles. The molecule has 0 bridgehead atoms. The molecule has 0 spiro atoms. The molecule has 1 amide bonds. The molecule has 2 unspecified atom stereocenters. The Morgan fingerprint density at radius 1 is 1.47 bits per heavy atom. The summed E-state index contributed by atoms with van der Waals surface area (Å²) in [6, 6.07) is -0.351. The molecule has 0 aromatic rings. The smallest absolute Gasteiger partial charge is 0.311 e. The molecule has 5 heteroatoms. The van der Waals surface area contributed by atoms with Gasteiger partial charge in [0, 0.05) is 6.54 Å². The van der Waals surface area contributed by atoms with Gasteiger partial charge in [-0.25, -0.2) is 0 Å². The molecule has 0 saturated carbocycles. The number of hydrogen-bond donors (Lipinski definition) is 1. The molecule has 1 aliphatic heterocycles. The van der Waals surface area contributed by atoms with Crippen LogP contribution in [0.5, 0.6) is 0 Å². The Labute approximate surface area is 101 Å². The van der Waals surface area contributed by atoms with E-state index in [0.29, 0.717) is 13.2 Å². The number of hydrogen-bond acceptors (Lipinski definition) is 3. The van der Waals surface area contributed by atoms with Crippen LogP contribution < -0.4 is 0 Å². The Bertz CT molecular complexity index is 314. The number of amides is 1. The van der Waals surface area contributed by atoms with Gasteiger partial charge in [-0.3, -0.25) is 9.59 Å². The zero-order chi connectivity index (χ0) is 12.8. The van der Waals surface area contributed by atoms with Crippen molar-refractivity contribution in [1.82, 2.24) is 4.90 Å². The van der Waals surface area contributed by atoms with Crippen LogP contribution in [-0.4, -0.2) is 47.7 Å². The lowest BCUT2D eigenvalue weighted by molar-refractivity contribution is -0.144. The zero-order valence-corrected chi connectivity index (χ0v) is 10.3. The molecule has 1 aliphatic rings. The highest BCUT2D eigenvalue weighted by Crippen LogP contribution is 2.20. The summed E-state index contributed by atoms with van der Waals surface area (Å²) >= 11 is 0. The molecule has 1 heterocycles. The molecule has 0 radical (unpaired) electrons. The highest BCUT2D eigenvalue weighted by Gasteiger charge is 2.39. The first kappa shape index (κ1) is 13.7. The van der Waals surface area contributed by atoms with Gasteiger partial charge in [-0.05, 0) is 19.4 Å². The molecule has 0 aromatic heterocycles. The van der Waals surface area contributed by atoms with E-state index in [-0.39, 0.29) is 18.6 Å². The fourth-order valence-corrected chi connectivity index (χ4v) is 2.00. The van der Waals surface area contributed by atoms with Crippen LogP contribution in [0.25, 0.3) is 0 Å². The van der Waals surface area contributed by atoms with Crippen molar-refractivity contribution in [1.29, 1.82) is 0 Å². The predicted molar refractivity (Wildman–Crippen MR) is 62.6 cm³/mol. The van der Waals surface area contributed by atoms with Crippen LogP contribution in [0.3, 0.4) is 0 Å². The normalized spacial score (nSPS) is 24.1. The second-order valence-electron chi connectivity index (χ2n) is 4.08. The van der Waals surface area contributed by atoms with E-state index >= 15 is 0 Å². The highest BCUT2D eigenvalue weighted by atomic mass is 16.5. The number of carbonyl (C=O) groups is 2. The summed E-state index contributed by atoms with van der Waals surface area (Å²) in [7, 11) is 0. The lowest BCUT2D eigenvalue weighted by atomic mass is 10.0. The number of rotatable bonds is 5. The molecule has 2 atom stereocenters. The van der Waals surface area contributed by atoms with Gasteiger partial charge in [0.25, 0.3) is 0 Å². The zero-order valence-electron chi connectivity index (χ0n) is 10.3. The number of ether oxygens (including phenoxy) is 1. The van der Waals surface area contributed by atoms with Gasteiger partial charge in [0.05, 0.1) is 19.3 Å². The number of allylic oxidation sites excluding steroid dienone is 1. The van der Waals surface area contributed by atoms with Crippen molar-refractivity contribution < 1.29 is 19.4 Å². The predicted octanol–water partition coefficient (Wildman–Crippen LogP) is 0.901. The fraction of sp³-hybridized carbons (Fsp3) is 0.667. The van der Waals surface area contributed by atoms with E-state index in [1.807, 2.05) is 6.92 Å². The first-order valence-corrected chi connectivity index (χ1v) is 5.85. The van der Waals surface area contributed by atoms with Crippen molar-refractivity contribution in [3.63, 3.8) is 0 Å². The van der Waals surface area contributed by atoms with Crippen LogP contribution in [0.15, 0.2) is 12.2 Å². The van der Waals surface area contributed by atoms with Crippen molar-refractivity contribution in [3.05, 3.63) is 12.2 Å². The second-order valence-corrected chi connectivity index (χ2v) is 4.08. The van der Waals surface area contributed by atoms with E-state index in [1.165, 1.54) is 6.08 Å². The first-order valence-electron chi connectivity index (χ1n) is 5.85.